The lowest BCUT2D eigenvalue weighted by molar-refractivity contribution is -0.138. The van der Waals surface area contributed by atoms with Crippen LogP contribution >= 0.6 is 0 Å². The van der Waals surface area contributed by atoms with Gasteiger partial charge < -0.3 is 60.3 Å². The first-order valence-electron chi connectivity index (χ1n) is 35.2. The van der Waals surface area contributed by atoms with Crippen LogP contribution in [0.3, 0.4) is 0 Å². The number of aromatic nitrogens is 12. The van der Waals surface area contributed by atoms with E-state index in [1.807, 2.05) is 30.3 Å². The Morgan fingerprint density at radius 2 is 0.798 bits per heavy atom. The van der Waals surface area contributed by atoms with Crippen LogP contribution in [0.4, 0.5) is 29.5 Å². The average Bonchev–Trinajstić information content (AvgIpc) is 1.69. The van der Waals surface area contributed by atoms with E-state index in [9.17, 15) is 29.7 Å². The minimum atomic E-state index is -0.976. The van der Waals surface area contributed by atoms with Crippen molar-refractivity contribution in [1.29, 1.82) is 0 Å². The Hall–Kier alpha value is -10.3. The number of carbonyl (C=O) groups is 3. The minimum absolute atomic E-state index is 0.193. The molecule has 8 N–H and O–H groups in total. The normalized spacial score (nSPS) is 14.5. The van der Waals surface area contributed by atoms with E-state index in [1.54, 1.807) is 0 Å². The number of aliphatic carboxylic acids is 3. The van der Waals surface area contributed by atoms with Crippen molar-refractivity contribution >= 4 is 80.9 Å². The third-order valence-corrected chi connectivity index (χ3v) is 18.4. The summed E-state index contributed by atoms with van der Waals surface area (Å²) in [4.78, 5) is 74.2. The van der Waals surface area contributed by atoms with Crippen LogP contribution in [0, 0.1) is 11.8 Å². The van der Waals surface area contributed by atoms with Crippen LogP contribution < -0.4 is 31.3 Å². The van der Waals surface area contributed by atoms with E-state index >= 15 is 0 Å². The van der Waals surface area contributed by atoms with Gasteiger partial charge >= 0.3 is 17.9 Å². The van der Waals surface area contributed by atoms with Gasteiger partial charge in [-0.3, -0.25) is 14.4 Å². The average molecular weight is 1340 g/mol. The largest absolute Gasteiger partial charge is 0.480 e. The number of imidazole rings is 3. The van der Waals surface area contributed by atoms with Crippen molar-refractivity contribution in [3.05, 3.63) is 155 Å². The molecule has 0 radical (unpaired) electrons. The molecule has 3 fully saturated rings. The van der Waals surface area contributed by atoms with Crippen molar-refractivity contribution in [2.75, 3.05) is 39.7 Å². The Labute approximate surface area is 577 Å². The molecule has 3 aliphatic carbocycles. The summed E-state index contributed by atoms with van der Waals surface area (Å²) in [5.74, 6) is 3.59. The number of fused-ring (bicyclic) bond motifs is 3. The molecule has 13 rings (SSSR count). The number of ether oxygens (including phenoxy) is 1. The molecule has 3 aliphatic rings. The maximum Gasteiger partial charge on any atom is 0.323 e. The van der Waals surface area contributed by atoms with Gasteiger partial charge in [-0.2, -0.15) is 29.9 Å². The van der Waals surface area contributed by atoms with Crippen molar-refractivity contribution in [2.24, 2.45) is 11.8 Å². The van der Waals surface area contributed by atoms with Crippen LogP contribution in [0.5, 0.6) is 11.6 Å². The van der Waals surface area contributed by atoms with Crippen molar-refractivity contribution in [1.82, 2.24) is 58.6 Å². The maximum atomic E-state index is 11.3. The predicted octanol–water partition coefficient (Wildman–Crippen LogP) is 15.0. The highest BCUT2D eigenvalue weighted by Crippen LogP contribution is 2.36. The third-order valence-electron chi connectivity index (χ3n) is 18.4. The molecule has 6 heterocycles. The van der Waals surface area contributed by atoms with E-state index in [1.165, 1.54) is 146 Å². The molecular formula is C75H93N17O7. The number of para-hydroxylation sites is 1. The maximum absolute atomic E-state index is 11.3. The molecule has 0 atom stereocenters. The molecule has 0 spiro atoms. The summed E-state index contributed by atoms with van der Waals surface area (Å²) in [6, 6.07) is 35.7. The van der Waals surface area contributed by atoms with Crippen LogP contribution in [0.15, 0.2) is 122 Å². The zero-order chi connectivity index (χ0) is 69.0. The standard InChI is InChI=1S/C26H27N5O3.C25H34N6O2.C24H32N6O2/c32-22(33)16-31-17-28-23-24(31)29-26(30-25(23)34-21-9-5-2-6-10-21)27-15-18-11-13-20(14-12-18)19-7-3-1-4-8-19;1-17(2)12-13-26-23-22-24(31(16-28-22)15-21(32)33)30-25(29-23)27-14-18-8-10-20(11-9-18)19-6-4-3-5-7-19;1-16(2)12-25-22-21-23(30(15-27-21)14-20(31)32)29-24(28-22)26-13-17-8-10-19(11-9-17)18-6-4-3-5-7-18/h2,5-6,9-14,17,19H,1,3-4,7-8,15-16H2,(H,32,33)(H,27,29,30);8-11,16-17,19H,3-7,12-15H2,1-2H3,(H,32,33)(H2,26,27,29,30);8-11,15-16,18H,3-7,12-14H2,1-2H3,(H,31,32)(H2,25,26,28,29). The predicted molar refractivity (Wildman–Crippen MR) is 385 cm³/mol. The highest BCUT2D eigenvalue weighted by molar-refractivity contribution is 5.86. The molecule has 0 amide bonds. The van der Waals surface area contributed by atoms with Gasteiger partial charge in [-0.1, -0.05) is 176 Å². The molecule has 24 heteroatoms. The number of rotatable bonds is 27. The van der Waals surface area contributed by atoms with Crippen LogP contribution in [-0.4, -0.2) is 105 Å². The van der Waals surface area contributed by atoms with E-state index in [-0.39, 0.29) is 25.5 Å². The fourth-order valence-electron chi connectivity index (χ4n) is 13.1. The fraction of sp³-hybridized carbons (Fsp3) is 0.440. The zero-order valence-corrected chi connectivity index (χ0v) is 57.2. The smallest absolute Gasteiger partial charge is 0.323 e. The molecule has 0 saturated heterocycles. The number of carboxylic acids is 3. The molecule has 99 heavy (non-hydrogen) atoms. The topological polar surface area (TPSA) is 312 Å². The summed E-state index contributed by atoms with van der Waals surface area (Å²) in [5.41, 5.74) is 10.7. The van der Waals surface area contributed by atoms with Crippen LogP contribution in [0.25, 0.3) is 33.5 Å². The van der Waals surface area contributed by atoms with E-state index in [4.69, 9.17) is 4.74 Å². The van der Waals surface area contributed by atoms with Gasteiger partial charge in [-0.25, -0.2) is 15.0 Å². The molecule has 0 aliphatic heterocycles. The van der Waals surface area contributed by atoms with Crippen molar-refractivity contribution in [3.63, 3.8) is 0 Å². The Bertz CT molecular complexity index is 4250. The van der Waals surface area contributed by atoms with Crippen LogP contribution in [-0.2, 0) is 53.7 Å². The quantitative estimate of drug-likeness (QED) is 0.0237. The fourth-order valence-corrected chi connectivity index (χ4v) is 13.1. The van der Waals surface area contributed by atoms with Gasteiger partial charge in [0.05, 0.1) is 19.0 Å². The summed E-state index contributed by atoms with van der Waals surface area (Å²) in [6.07, 6.45) is 25.2. The summed E-state index contributed by atoms with van der Waals surface area (Å²) >= 11 is 0. The second-order valence-electron chi connectivity index (χ2n) is 27.0. The van der Waals surface area contributed by atoms with E-state index < -0.39 is 17.9 Å². The summed E-state index contributed by atoms with van der Waals surface area (Å²) < 4.78 is 10.5. The Morgan fingerprint density at radius 1 is 0.434 bits per heavy atom. The summed E-state index contributed by atoms with van der Waals surface area (Å²) in [7, 11) is 0. The van der Waals surface area contributed by atoms with Gasteiger partial charge in [0.1, 0.15) is 25.4 Å². The zero-order valence-electron chi connectivity index (χ0n) is 57.2. The molecule has 3 saturated carbocycles. The van der Waals surface area contributed by atoms with Gasteiger partial charge in [-0.15, -0.1) is 0 Å². The molecule has 10 aromatic rings. The number of anilines is 5. The monoisotopic (exact) mass is 1340 g/mol. The number of nitrogens with zero attached hydrogens (tertiary/aromatic N) is 12. The number of nitrogens with one attached hydrogen (secondary N) is 5. The SMILES string of the molecule is CC(C)CCNc1nc(NCc2ccc(C3CCCCC3)cc2)nc2c1ncn2CC(=O)O.CC(C)CNc1nc(NCc2ccc(C3CCCCC3)cc2)nc2c1ncn2CC(=O)O.O=C(O)Cn1cnc2c(Oc3ccccc3)nc(NCc3ccc(C4CCCCC4)cc3)nc21. The Balaban J connectivity index is 0.000000150. The Kier molecular flexibility index (Phi) is 24.3. The summed E-state index contributed by atoms with van der Waals surface area (Å²) in [5, 5.41) is 44.2. The van der Waals surface area contributed by atoms with Gasteiger partial charge in [0.15, 0.2) is 45.1 Å². The first kappa shape index (κ1) is 70.1. The minimum Gasteiger partial charge on any atom is -0.480 e. The first-order valence-corrected chi connectivity index (χ1v) is 35.2. The van der Waals surface area contributed by atoms with Gasteiger partial charge in [0, 0.05) is 32.7 Å². The van der Waals surface area contributed by atoms with Crippen molar-refractivity contribution in [2.45, 2.75) is 187 Å². The number of hydrogen-bond donors (Lipinski definition) is 8. The van der Waals surface area contributed by atoms with Crippen LogP contribution in [0.1, 0.15) is 182 Å². The van der Waals surface area contributed by atoms with E-state index in [0.29, 0.717) is 118 Å². The highest BCUT2D eigenvalue weighted by atomic mass is 16.5. The lowest BCUT2D eigenvalue weighted by atomic mass is 9.84. The molecular weight excluding hydrogens is 1250 g/mol. The summed E-state index contributed by atoms with van der Waals surface area (Å²) in [6.45, 7) is 11.2. The number of benzene rings is 4. The van der Waals surface area contributed by atoms with Crippen LogP contribution in [0.2, 0.25) is 0 Å². The molecule has 0 unspecified atom stereocenters. The van der Waals surface area contributed by atoms with Gasteiger partial charge in [-0.05, 0) is 120 Å². The van der Waals surface area contributed by atoms with Crippen molar-refractivity contribution in [3.8, 4) is 11.6 Å². The lowest BCUT2D eigenvalue weighted by Gasteiger charge is -2.22. The molecule has 24 nitrogen and oxygen atoms in total. The molecule has 520 valence electrons. The van der Waals surface area contributed by atoms with E-state index in [2.05, 4.69) is 172 Å². The first-order chi connectivity index (χ1) is 48.1. The molecule has 6 aromatic heterocycles. The molecule has 0 bridgehead atoms. The van der Waals surface area contributed by atoms with Gasteiger partial charge in [0.25, 0.3) is 5.88 Å². The number of hydrogen-bond acceptors (Lipinski definition) is 18. The third kappa shape index (κ3) is 19.7. The second-order valence-corrected chi connectivity index (χ2v) is 27.0. The number of carboxylic acid groups (broad SMARTS) is 3. The van der Waals surface area contributed by atoms with Crippen molar-refractivity contribution < 1.29 is 34.4 Å². The highest BCUT2D eigenvalue weighted by Gasteiger charge is 2.22. The Morgan fingerprint density at radius 3 is 1.17 bits per heavy atom. The second kappa shape index (κ2) is 34.3. The van der Waals surface area contributed by atoms with E-state index in [0.717, 1.165) is 36.2 Å². The van der Waals surface area contributed by atoms with Gasteiger partial charge in [0.2, 0.25) is 17.8 Å². The lowest BCUT2D eigenvalue weighted by Crippen LogP contribution is -2.13. The molecule has 4 aromatic carbocycles.